The van der Waals surface area contributed by atoms with Gasteiger partial charge in [-0.3, -0.25) is 9.36 Å². The minimum Gasteiger partial charge on any atom is -0.323 e. The molecule has 0 spiro atoms. The van der Waals surface area contributed by atoms with Crippen molar-refractivity contribution in [2.45, 2.75) is 32.2 Å². The fourth-order valence-electron chi connectivity index (χ4n) is 3.26. The van der Waals surface area contributed by atoms with Crippen molar-refractivity contribution in [2.24, 2.45) is 5.92 Å². The SMILES string of the molecule is O=c1c2c3c(sc2[nH]c(=S)n1CC1CCSC1)CCC3. The number of hydrogen-bond acceptors (Lipinski definition) is 4. The number of fused-ring (bicyclic) bond motifs is 3. The van der Waals surface area contributed by atoms with Crippen LogP contribution in [0.2, 0.25) is 0 Å². The van der Waals surface area contributed by atoms with Crippen molar-refractivity contribution in [1.29, 1.82) is 0 Å². The first kappa shape index (κ1) is 13.1. The van der Waals surface area contributed by atoms with Crippen LogP contribution in [0, 0.1) is 10.7 Å². The lowest BCUT2D eigenvalue weighted by molar-refractivity contribution is 0.476. The number of thioether (sulfide) groups is 1. The summed E-state index contributed by atoms with van der Waals surface area (Å²) in [5, 5.41) is 0.918. The molecule has 0 aromatic carbocycles. The van der Waals surface area contributed by atoms with Gasteiger partial charge in [0, 0.05) is 11.4 Å². The van der Waals surface area contributed by atoms with Gasteiger partial charge in [-0.25, -0.2) is 0 Å². The molecule has 1 saturated heterocycles. The van der Waals surface area contributed by atoms with Gasteiger partial charge in [0.25, 0.3) is 5.56 Å². The Morgan fingerprint density at radius 1 is 1.40 bits per heavy atom. The molecule has 1 unspecified atom stereocenters. The van der Waals surface area contributed by atoms with E-state index in [0.29, 0.717) is 10.7 Å². The molecule has 2 aromatic rings. The molecule has 1 aliphatic heterocycles. The molecule has 3 nitrogen and oxygen atoms in total. The highest BCUT2D eigenvalue weighted by atomic mass is 32.2. The fourth-order valence-corrected chi connectivity index (χ4v) is 6.14. The molecular formula is C14H16N2OS3. The van der Waals surface area contributed by atoms with E-state index in [0.717, 1.165) is 35.4 Å². The minimum atomic E-state index is 0.139. The van der Waals surface area contributed by atoms with E-state index in [4.69, 9.17) is 12.2 Å². The Balaban J connectivity index is 1.88. The Labute approximate surface area is 130 Å². The van der Waals surface area contributed by atoms with E-state index in [1.165, 1.54) is 29.0 Å². The van der Waals surface area contributed by atoms with Crippen molar-refractivity contribution in [1.82, 2.24) is 9.55 Å². The predicted molar refractivity (Wildman–Crippen MR) is 88.7 cm³/mol. The van der Waals surface area contributed by atoms with Crippen LogP contribution in [0.25, 0.3) is 10.2 Å². The average Bonchev–Trinajstić information content (AvgIpc) is 3.09. The van der Waals surface area contributed by atoms with Crippen LogP contribution in [0.3, 0.4) is 0 Å². The van der Waals surface area contributed by atoms with E-state index < -0.39 is 0 Å². The van der Waals surface area contributed by atoms with Crippen molar-refractivity contribution < 1.29 is 0 Å². The van der Waals surface area contributed by atoms with Gasteiger partial charge in [-0.1, -0.05) is 0 Å². The Bertz CT molecular complexity index is 780. The lowest BCUT2D eigenvalue weighted by atomic mass is 10.1. The second-order valence-electron chi connectivity index (χ2n) is 5.64. The van der Waals surface area contributed by atoms with E-state index in [1.807, 2.05) is 11.8 Å². The molecule has 3 heterocycles. The molecule has 1 aliphatic carbocycles. The Kier molecular flexibility index (Phi) is 3.27. The number of thiophene rings is 1. The van der Waals surface area contributed by atoms with Crippen molar-refractivity contribution in [3.8, 4) is 0 Å². The number of H-pyrrole nitrogens is 1. The lowest BCUT2D eigenvalue weighted by Gasteiger charge is -2.11. The van der Waals surface area contributed by atoms with Gasteiger partial charge >= 0.3 is 0 Å². The van der Waals surface area contributed by atoms with E-state index >= 15 is 0 Å². The van der Waals surface area contributed by atoms with Gasteiger partial charge in [-0.2, -0.15) is 11.8 Å². The third kappa shape index (κ3) is 2.00. The standard InChI is InChI=1S/C14H16N2OS3/c17-13-11-9-2-1-3-10(9)20-12(11)15-14(18)16(13)6-8-4-5-19-7-8/h8H,1-7H2,(H,15,18). The maximum atomic E-state index is 12.8. The van der Waals surface area contributed by atoms with E-state index in [1.54, 1.807) is 15.9 Å². The minimum absolute atomic E-state index is 0.139. The summed E-state index contributed by atoms with van der Waals surface area (Å²) in [6.07, 6.45) is 4.56. The Morgan fingerprint density at radius 3 is 3.10 bits per heavy atom. The zero-order valence-corrected chi connectivity index (χ0v) is 13.6. The van der Waals surface area contributed by atoms with Crippen LogP contribution in [0.5, 0.6) is 0 Å². The third-order valence-electron chi connectivity index (χ3n) is 4.31. The molecule has 0 amide bonds. The number of aromatic nitrogens is 2. The van der Waals surface area contributed by atoms with Gasteiger partial charge in [0.2, 0.25) is 0 Å². The van der Waals surface area contributed by atoms with E-state index in [-0.39, 0.29) is 5.56 Å². The summed E-state index contributed by atoms with van der Waals surface area (Å²) in [5.41, 5.74) is 1.43. The third-order valence-corrected chi connectivity index (χ3v) is 7.07. The maximum Gasteiger partial charge on any atom is 0.263 e. The molecule has 0 radical (unpaired) electrons. The Hall–Kier alpha value is -0.590. The van der Waals surface area contributed by atoms with Crippen LogP contribution < -0.4 is 5.56 Å². The largest absolute Gasteiger partial charge is 0.323 e. The second kappa shape index (κ2) is 5.00. The number of aromatic amines is 1. The highest BCUT2D eigenvalue weighted by Crippen LogP contribution is 2.34. The highest BCUT2D eigenvalue weighted by molar-refractivity contribution is 7.99. The summed E-state index contributed by atoms with van der Waals surface area (Å²) in [6.45, 7) is 0.779. The summed E-state index contributed by atoms with van der Waals surface area (Å²) in [7, 11) is 0. The number of nitrogens with zero attached hydrogens (tertiary/aromatic N) is 1. The summed E-state index contributed by atoms with van der Waals surface area (Å²) in [6, 6.07) is 0. The quantitative estimate of drug-likeness (QED) is 0.861. The molecule has 6 heteroatoms. The van der Waals surface area contributed by atoms with Gasteiger partial charge < -0.3 is 4.98 Å². The molecule has 20 heavy (non-hydrogen) atoms. The molecule has 2 aromatic heterocycles. The number of nitrogens with one attached hydrogen (secondary N) is 1. The maximum absolute atomic E-state index is 12.8. The predicted octanol–water partition coefficient (Wildman–Crippen LogP) is 3.36. The van der Waals surface area contributed by atoms with Crippen molar-refractivity contribution in [3.63, 3.8) is 0 Å². The van der Waals surface area contributed by atoms with Gasteiger partial charge in [0.1, 0.15) is 4.83 Å². The van der Waals surface area contributed by atoms with Crippen LogP contribution >= 0.6 is 35.3 Å². The number of aryl methyl sites for hydroxylation is 2. The molecule has 1 atom stereocenters. The van der Waals surface area contributed by atoms with Gasteiger partial charge in [-0.05, 0) is 60.9 Å². The summed E-state index contributed by atoms with van der Waals surface area (Å²) < 4.78 is 2.40. The van der Waals surface area contributed by atoms with Gasteiger partial charge in [0.05, 0.1) is 5.39 Å². The van der Waals surface area contributed by atoms with Crippen LogP contribution in [0.1, 0.15) is 23.3 Å². The normalized spacial score (nSPS) is 21.7. The zero-order chi connectivity index (χ0) is 13.7. The summed E-state index contributed by atoms with van der Waals surface area (Å²) >= 11 is 9.12. The second-order valence-corrected chi connectivity index (χ2v) is 8.28. The molecular weight excluding hydrogens is 308 g/mol. The van der Waals surface area contributed by atoms with Crippen LogP contribution in [0.4, 0.5) is 0 Å². The smallest absolute Gasteiger partial charge is 0.263 e. The van der Waals surface area contributed by atoms with Crippen molar-refractivity contribution >= 4 is 45.5 Å². The van der Waals surface area contributed by atoms with Crippen LogP contribution in [-0.2, 0) is 19.4 Å². The highest BCUT2D eigenvalue weighted by Gasteiger charge is 2.23. The molecule has 4 rings (SSSR count). The summed E-state index contributed by atoms with van der Waals surface area (Å²) in [5.74, 6) is 2.96. The molecule has 0 saturated carbocycles. The average molecular weight is 324 g/mol. The van der Waals surface area contributed by atoms with Gasteiger partial charge in [0.15, 0.2) is 4.77 Å². The molecule has 1 fully saturated rings. The first-order valence-electron chi connectivity index (χ1n) is 7.09. The lowest BCUT2D eigenvalue weighted by Crippen LogP contribution is -2.26. The molecule has 1 N–H and O–H groups in total. The van der Waals surface area contributed by atoms with E-state index in [9.17, 15) is 4.79 Å². The number of hydrogen-bond donors (Lipinski definition) is 1. The van der Waals surface area contributed by atoms with Crippen LogP contribution in [0.15, 0.2) is 4.79 Å². The molecule has 2 aliphatic rings. The first-order chi connectivity index (χ1) is 9.74. The van der Waals surface area contributed by atoms with Gasteiger partial charge in [-0.15, -0.1) is 11.3 Å². The Morgan fingerprint density at radius 2 is 2.30 bits per heavy atom. The van der Waals surface area contributed by atoms with Crippen molar-refractivity contribution in [3.05, 3.63) is 25.6 Å². The molecule has 0 bridgehead atoms. The summed E-state index contributed by atoms with van der Waals surface area (Å²) in [4.78, 5) is 18.5. The van der Waals surface area contributed by atoms with Crippen molar-refractivity contribution in [2.75, 3.05) is 11.5 Å². The number of rotatable bonds is 2. The van der Waals surface area contributed by atoms with E-state index in [2.05, 4.69) is 4.98 Å². The fraction of sp³-hybridized carbons (Fsp3) is 0.571. The monoisotopic (exact) mass is 324 g/mol. The van der Waals surface area contributed by atoms with Crippen LogP contribution in [-0.4, -0.2) is 21.1 Å². The molecule has 106 valence electrons. The topological polar surface area (TPSA) is 37.8 Å². The zero-order valence-electron chi connectivity index (χ0n) is 11.1. The first-order valence-corrected chi connectivity index (χ1v) is 9.47.